The Balaban J connectivity index is 1.24. The van der Waals surface area contributed by atoms with Crippen LogP contribution in [-0.4, -0.2) is 67.3 Å². The summed E-state index contributed by atoms with van der Waals surface area (Å²) in [5.41, 5.74) is 1.11. The van der Waals surface area contributed by atoms with Gasteiger partial charge in [0.1, 0.15) is 12.4 Å². The number of amides is 2. The van der Waals surface area contributed by atoms with Crippen LogP contribution < -0.4 is 24.8 Å². The van der Waals surface area contributed by atoms with Crippen LogP contribution in [0.1, 0.15) is 44.4 Å². The second-order valence-corrected chi connectivity index (χ2v) is 9.56. The topological polar surface area (TPSA) is 115 Å². The largest absolute Gasteiger partial charge is 0.493 e. The number of aromatic nitrogens is 2. The van der Waals surface area contributed by atoms with Gasteiger partial charge in [-0.15, -0.1) is 10.2 Å². The van der Waals surface area contributed by atoms with Crippen LogP contribution in [-0.2, 0) is 6.61 Å². The van der Waals surface area contributed by atoms with E-state index in [2.05, 4.69) is 25.7 Å². The zero-order chi connectivity index (χ0) is 26.0. The molecule has 1 aliphatic rings. The molecular weight excluding hydrogens is 494 g/mol. The predicted molar refractivity (Wildman–Crippen MR) is 141 cm³/mol. The van der Waals surface area contributed by atoms with Crippen molar-refractivity contribution in [3.8, 4) is 17.2 Å². The van der Waals surface area contributed by atoms with Gasteiger partial charge in [-0.05, 0) is 62.3 Å². The molecule has 1 aliphatic heterocycles. The molecule has 0 saturated carbocycles. The second-order valence-electron chi connectivity index (χ2n) is 8.50. The Morgan fingerprint density at radius 1 is 0.946 bits per heavy atom. The highest BCUT2D eigenvalue weighted by Crippen LogP contribution is 2.31. The monoisotopic (exact) mass is 525 g/mol. The van der Waals surface area contributed by atoms with Gasteiger partial charge < -0.3 is 29.7 Å². The van der Waals surface area contributed by atoms with Crippen molar-refractivity contribution in [1.29, 1.82) is 0 Å². The first-order chi connectivity index (χ1) is 18.1. The van der Waals surface area contributed by atoms with E-state index >= 15 is 0 Å². The van der Waals surface area contributed by atoms with E-state index < -0.39 is 0 Å². The number of likely N-dealkylation sites (tertiary alicyclic amines) is 1. The molecule has 1 saturated heterocycles. The third-order valence-electron chi connectivity index (χ3n) is 5.95. The lowest BCUT2D eigenvalue weighted by Crippen LogP contribution is -2.37. The van der Waals surface area contributed by atoms with Gasteiger partial charge in [0.25, 0.3) is 11.8 Å². The number of anilines is 1. The summed E-state index contributed by atoms with van der Waals surface area (Å²) < 4.78 is 16.2. The van der Waals surface area contributed by atoms with E-state index in [1.54, 1.807) is 56.7 Å². The molecule has 0 aliphatic carbocycles. The standard InChI is InChI=1S/C26H31N5O5S/c1-34-21-11-10-20(16-22(21)35-2)36-17-23-29-30-26(37-23)25(33)28-19-8-6-18(7-9-19)24(32)27-12-15-31-13-4-3-5-14-31/h6-11,16H,3-5,12-15,17H2,1-2H3,(H,27,32)(H,28,33). The number of piperidine rings is 1. The smallest absolute Gasteiger partial charge is 0.286 e. The number of carbonyl (C=O) groups excluding carboxylic acids is 2. The average Bonchev–Trinajstić information content (AvgIpc) is 3.42. The maximum Gasteiger partial charge on any atom is 0.286 e. The van der Waals surface area contributed by atoms with Crippen molar-refractivity contribution in [1.82, 2.24) is 20.4 Å². The molecule has 0 unspecified atom stereocenters. The van der Waals surface area contributed by atoms with Crippen LogP contribution in [0.25, 0.3) is 0 Å². The molecule has 2 heterocycles. The first-order valence-corrected chi connectivity index (χ1v) is 13.0. The van der Waals surface area contributed by atoms with Gasteiger partial charge in [-0.3, -0.25) is 9.59 Å². The van der Waals surface area contributed by atoms with Gasteiger partial charge in [0.2, 0.25) is 5.01 Å². The average molecular weight is 526 g/mol. The number of hydrogen-bond acceptors (Lipinski definition) is 9. The summed E-state index contributed by atoms with van der Waals surface area (Å²) >= 11 is 1.14. The van der Waals surface area contributed by atoms with E-state index in [9.17, 15) is 9.59 Å². The Kier molecular flexibility index (Phi) is 9.28. The lowest BCUT2D eigenvalue weighted by atomic mass is 10.1. The molecule has 1 fully saturated rings. The van der Waals surface area contributed by atoms with Crippen LogP contribution in [0, 0.1) is 0 Å². The van der Waals surface area contributed by atoms with Gasteiger partial charge in [-0.2, -0.15) is 0 Å². The molecular formula is C26H31N5O5S. The van der Waals surface area contributed by atoms with Gasteiger partial charge in [-0.25, -0.2) is 0 Å². The predicted octanol–water partition coefficient (Wildman–Crippen LogP) is 3.60. The van der Waals surface area contributed by atoms with E-state index in [0.717, 1.165) is 31.0 Å². The number of rotatable bonds is 11. The summed E-state index contributed by atoms with van der Waals surface area (Å²) in [5, 5.41) is 14.5. The lowest BCUT2D eigenvalue weighted by molar-refractivity contribution is 0.0946. The Morgan fingerprint density at radius 2 is 1.70 bits per heavy atom. The maximum atomic E-state index is 12.6. The van der Waals surface area contributed by atoms with Crippen molar-refractivity contribution < 1.29 is 23.8 Å². The maximum absolute atomic E-state index is 12.6. The summed E-state index contributed by atoms with van der Waals surface area (Å²) in [4.78, 5) is 27.4. The number of nitrogens with one attached hydrogen (secondary N) is 2. The second kappa shape index (κ2) is 13.0. The number of hydrogen-bond donors (Lipinski definition) is 2. The SMILES string of the molecule is COc1ccc(OCc2nnc(C(=O)Nc3ccc(C(=O)NCCN4CCCCC4)cc3)s2)cc1OC. The Morgan fingerprint density at radius 3 is 2.43 bits per heavy atom. The van der Waals surface area contributed by atoms with E-state index in [1.165, 1.54) is 19.3 Å². The normalized spacial score (nSPS) is 13.6. The fourth-order valence-electron chi connectivity index (χ4n) is 3.96. The quantitative estimate of drug-likeness (QED) is 0.390. The summed E-state index contributed by atoms with van der Waals surface area (Å²) in [7, 11) is 3.12. The minimum atomic E-state index is -0.381. The number of carbonyl (C=O) groups is 2. The molecule has 2 amide bonds. The van der Waals surface area contributed by atoms with Crippen molar-refractivity contribution >= 4 is 28.8 Å². The Hall–Kier alpha value is -3.70. The van der Waals surface area contributed by atoms with E-state index in [0.29, 0.717) is 40.1 Å². The highest BCUT2D eigenvalue weighted by Gasteiger charge is 2.15. The van der Waals surface area contributed by atoms with Crippen molar-refractivity contribution in [2.75, 3.05) is 45.7 Å². The molecule has 37 heavy (non-hydrogen) atoms. The molecule has 0 bridgehead atoms. The van der Waals surface area contributed by atoms with Crippen LogP contribution in [0.3, 0.4) is 0 Å². The molecule has 0 atom stereocenters. The number of benzene rings is 2. The molecule has 11 heteroatoms. The highest BCUT2D eigenvalue weighted by molar-refractivity contribution is 7.13. The number of nitrogens with zero attached hydrogens (tertiary/aromatic N) is 3. The van der Waals surface area contributed by atoms with Gasteiger partial charge in [0.15, 0.2) is 16.5 Å². The van der Waals surface area contributed by atoms with Crippen LogP contribution in [0.5, 0.6) is 17.2 Å². The molecule has 0 spiro atoms. The summed E-state index contributed by atoms with van der Waals surface area (Å²) in [6.07, 6.45) is 3.75. The van der Waals surface area contributed by atoms with Crippen LogP contribution in [0.4, 0.5) is 5.69 Å². The van der Waals surface area contributed by atoms with Crippen molar-refractivity contribution in [3.63, 3.8) is 0 Å². The van der Waals surface area contributed by atoms with E-state index in [1.807, 2.05) is 0 Å². The van der Waals surface area contributed by atoms with E-state index in [-0.39, 0.29) is 23.4 Å². The molecule has 196 valence electrons. The Labute approximate surface area is 219 Å². The van der Waals surface area contributed by atoms with Crippen molar-refractivity contribution in [2.24, 2.45) is 0 Å². The Bertz CT molecular complexity index is 1190. The number of ether oxygens (including phenoxy) is 3. The molecule has 3 aromatic rings. The summed E-state index contributed by atoms with van der Waals surface area (Å²) in [6, 6.07) is 12.0. The lowest BCUT2D eigenvalue weighted by Gasteiger charge is -2.26. The van der Waals surface area contributed by atoms with Gasteiger partial charge >= 0.3 is 0 Å². The van der Waals surface area contributed by atoms with Crippen LogP contribution in [0.15, 0.2) is 42.5 Å². The minimum Gasteiger partial charge on any atom is -0.493 e. The molecule has 2 aromatic carbocycles. The van der Waals surface area contributed by atoms with Crippen LogP contribution >= 0.6 is 11.3 Å². The fraction of sp³-hybridized carbons (Fsp3) is 0.385. The van der Waals surface area contributed by atoms with Crippen molar-refractivity contribution in [3.05, 3.63) is 58.0 Å². The fourth-order valence-corrected chi connectivity index (χ4v) is 4.61. The van der Waals surface area contributed by atoms with Crippen molar-refractivity contribution in [2.45, 2.75) is 25.9 Å². The third kappa shape index (κ3) is 7.40. The van der Waals surface area contributed by atoms with Gasteiger partial charge in [0, 0.05) is 30.4 Å². The van der Waals surface area contributed by atoms with Crippen LogP contribution in [0.2, 0.25) is 0 Å². The third-order valence-corrected chi connectivity index (χ3v) is 6.84. The molecule has 4 rings (SSSR count). The number of methoxy groups -OCH3 is 2. The minimum absolute atomic E-state index is 0.127. The molecule has 0 radical (unpaired) electrons. The first kappa shape index (κ1) is 26.4. The highest BCUT2D eigenvalue weighted by atomic mass is 32.1. The molecule has 10 nitrogen and oxygen atoms in total. The molecule has 2 N–H and O–H groups in total. The summed E-state index contributed by atoms with van der Waals surface area (Å²) in [6.45, 7) is 3.84. The zero-order valence-corrected chi connectivity index (χ0v) is 21.8. The zero-order valence-electron chi connectivity index (χ0n) is 21.0. The van der Waals surface area contributed by atoms with E-state index in [4.69, 9.17) is 14.2 Å². The first-order valence-electron chi connectivity index (χ1n) is 12.1. The molecule has 1 aromatic heterocycles. The summed E-state index contributed by atoms with van der Waals surface area (Å²) in [5.74, 6) is 1.23. The van der Waals surface area contributed by atoms with Gasteiger partial charge in [0.05, 0.1) is 14.2 Å². The van der Waals surface area contributed by atoms with Gasteiger partial charge in [-0.1, -0.05) is 17.8 Å².